The topological polar surface area (TPSA) is 56.0 Å². The zero-order valence-electron chi connectivity index (χ0n) is 7.63. The number of hydrogen-bond donors (Lipinski definition) is 0. The molecule has 1 aromatic heterocycles. The Morgan fingerprint density at radius 1 is 1.41 bits per heavy atom. The van der Waals surface area contributed by atoms with Crippen molar-refractivity contribution in [3.63, 3.8) is 0 Å². The fourth-order valence-corrected chi connectivity index (χ4v) is 1.55. The molecule has 17 heavy (non-hydrogen) atoms. The minimum atomic E-state index is -4.99. The number of nitro groups is 1. The van der Waals surface area contributed by atoms with Crippen molar-refractivity contribution in [1.29, 1.82) is 0 Å². The van der Waals surface area contributed by atoms with Crippen LogP contribution >= 0.6 is 15.9 Å². The molecule has 0 saturated carbocycles. The molecule has 0 fully saturated rings. The van der Waals surface area contributed by atoms with Crippen molar-refractivity contribution in [2.45, 2.75) is 12.6 Å². The van der Waals surface area contributed by atoms with E-state index in [-0.39, 0.29) is 6.07 Å². The monoisotopic (exact) mass is 320 g/mol. The first-order valence-corrected chi connectivity index (χ1v) is 4.64. The van der Waals surface area contributed by atoms with E-state index in [1.807, 2.05) is 0 Å². The Bertz CT molecular complexity index is 462. The van der Waals surface area contributed by atoms with Gasteiger partial charge in [0.15, 0.2) is 0 Å². The van der Waals surface area contributed by atoms with Crippen molar-refractivity contribution in [3.05, 3.63) is 31.9 Å². The SMILES string of the molecule is O=[N+]([O-])c1nc(C(F)F)cc(C(F)(F)F)c1Br. The van der Waals surface area contributed by atoms with E-state index in [1.165, 1.54) is 0 Å². The van der Waals surface area contributed by atoms with Crippen LogP contribution in [-0.4, -0.2) is 9.91 Å². The molecule has 0 N–H and O–H groups in total. The number of pyridine rings is 1. The van der Waals surface area contributed by atoms with Crippen molar-refractivity contribution in [3.8, 4) is 0 Å². The molecule has 0 atom stereocenters. The van der Waals surface area contributed by atoms with Crippen molar-refractivity contribution in [2.24, 2.45) is 0 Å². The Hall–Kier alpha value is -1.32. The third kappa shape index (κ3) is 2.87. The Balaban J connectivity index is 3.55. The lowest BCUT2D eigenvalue weighted by atomic mass is 10.2. The van der Waals surface area contributed by atoms with Crippen LogP contribution in [0.2, 0.25) is 0 Å². The third-order valence-electron chi connectivity index (χ3n) is 1.66. The zero-order valence-corrected chi connectivity index (χ0v) is 9.22. The van der Waals surface area contributed by atoms with Crippen LogP contribution in [-0.2, 0) is 6.18 Å². The Kier molecular flexibility index (Phi) is 3.65. The number of hydrogen-bond acceptors (Lipinski definition) is 3. The molecule has 0 aromatic carbocycles. The molecule has 0 saturated heterocycles. The number of alkyl halides is 5. The molecular weight excluding hydrogens is 319 g/mol. The maximum absolute atomic E-state index is 12.4. The summed E-state index contributed by atoms with van der Waals surface area (Å²) in [6.07, 6.45) is -8.32. The van der Waals surface area contributed by atoms with Crippen LogP contribution in [0.5, 0.6) is 0 Å². The summed E-state index contributed by atoms with van der Waals surface area (Å²) in [5, 5.41) is 10.4. The second-order valence-electron chi connectivity index (χ2n) is 2.79. The van der Waals surface area contributed by atoms with Gasteiger partial charge in [-0.1, -0.05) is 0 Å². The molecular formula is C7H2BrF5N2O2. The molecule has 0 aliphatic rings. The van der Waals surface area contributed by atoms with Gasteiger partial charge in [0.25, 0.3) is 0 Å². The highest BCUT2D eigenvalue weighted by molar-refractivity contribution is 9.10. The van der Waals surface area contributed by atoms with Crippen LogP contribution in [0, 0.1) is 10.1 Å². The van der Waals surface area contributed by atoms with E-state index in [9.17, 15) is 32.1 Å². The van der Waals surface area contributed by atoms with Gasteiger partial charge in [0.2, 0.25) is 5.69 Å². The molecule has 94 valence electrons. The molecule has 0 aliphatic heterocycles. The van der Waals surface area contributed by atoms with Crippen LogP contribution in [0.25, 0.3) is 0 Å². The second kappa shape index (κ2) is 4.51. The lowest BCUT2D eigenvalue weighted by Crippen LogP contribution is -2.10. The van der Waals surface area contributed by atoms with Gasteiger partial charge < -0.3 is 10.1 Å². The summed E-state index contributed by atoms with van der Waals surface area (Å²) in [6.45, 7) is 0. The van der Waals surface area contributed by atoms with Crippen LogP contribution in [0.1, 0.15) is 17.7 Å². The molecule has 1 heterocycles. The van der Waals surface area contributed by atoms with E-state index in [0.717, 1.165) is 0 Å². The summed E-state index contributed by atoms with van der Waals surface area (Å²) >= 11 is 2.33. The second-order valence-corrected chi connectivity index (χ2v) is 3.58. The summed E-state index contributed by atoms with van der Waals surface area (Å²) in [5.74, 6) is -1.30. The first-order chi connectivity index (χ1) is 7.64. The number of nitrogens with zero attached hydrogens (tertiary/aromatic N) is 2. The molecule has 0 aliphatic carbocycles. The van der Waals surface area contributed by atoms with Gasteiger partial charge in [0, 0.05) is 6.07 Å². The van der Waals surface area contributed by atoms with Gasteiger partial charge >= 0.3 is 18.4 Å². The van der Waals surface area contributed by atoms with Crippen molar-refractivity contribution in [2.75, 3.05) is 0 Å². The minimum Gasteiger partial charge on any atom is -0.358 e. The number of aromatic nitrogens is 1. The summed E-state index contributed by atoms with van der Waals surface area (Å²) in [7, 11) is 0. The van der Waals surface area contributed by atoms with Crippen molar-refractivity contribution in [1.82, 2.24) is 4.98 Å². The third-order valence-corrected chi connectivity index (χ3v) is 2.44. The van der Waals surface area contributed by atoms with Gasteiger partial charge in [-0.3, -0.25) is 0 Å². The van der Waals surface area contributed by atoms with Gasteiger partial charge in [-0.2, -0.15) is 13.2 Å². The Labute approximate surface area is 98.7 Å². The predicted octanol–water partition coefficient (Wildman–Crippen LogP) is 3.71. The molecule has 1 aromatic rings. The van der Waals surface area contributed by atoms with Gasteiger partial charge in [-0.15, -0.1) is 0 Å². The lowest BCUT2D eigenvalue weighted by molar-refractivity contribution is -0.390. The van der Waals surface area contributed by atoms with Crippen LogP contribution in [0.3, 0.4) is 0 Å². The normalized spacial score (nSPS) is 11.9. The fourth-order valence-electron chi connectivity index (χ4n) is 0.974. The molecule has 1 rings (SSSR count). The summed E-state index contributed by atoms with van der Waals surface area (Å²) in [4.78, 5) is 12.0. The quantitative estimate of drug-likeness (QED) is 0.474. The van der Waals surface area contributed by atoms with Crippen molar-refractivity contribution >= 4 is 21.7 Å². The van der Waals surface area contributed by atoms with Crippen LogP contribution < -0.4 is 0 Å². The molecule has 10 heteroatoms. The van der Waals surface area contributed by atoms with E-state index in [2.05, 4.69) is 20.9 Å². The lowest BCUT2D eigenvalue weighted by Gasteiger charge is -2.09. The average Bonchev–Trinajstić information content (AvgIpc) is 2.15. The number of rotatable bonds is 2. The molecule has 0 unspecified atom stereocenters. The first-order valence-electron chi connectivity index (χ1n) is 3.84. The highest BCUT2D eigenvalue weighted by atomic mass is 79.9. The van der Waals surface area contributed by atoms with Gasteiger partial charge in [-0.05, 0) is 25.8 Å². The van der Waals surface area contributed by atoms with E-state index < -0.39 is 39.1 Å². The van der Waals surface area contributed by atoms with E-state index in [0.29, 0.717) is 0 Å². The van der Waals surface area contributed by atoms with E-state index >= 15 is 0 Å². The first kappa shape index (κ1) is 13.7. The molecule has 4 nitrogen and oxygen atoms in total. The maximum atomic E-state index is 12.4. The van der Waals surface area contributed by atoms with Gasteiger partial charge in [-0.25, -0.2) is 8.78 Å². The summed E-state index contributed by atoms with van der Waals surface area (Å²) < 4.78 is 60.7. The van der Waals surface area contributed by atoms with Crippen LogP contribution in [0.4, 0.5) is 27.8 Å². The molecule has 0 spiro atoms. The van der Waals surface area contributed by atoms with Gasteiger partial charge in [0.05, 0.1) is 5.56 Å². The molecule has 0 bridgehead atoms. The largest absolute Gasteiger partial charge is 0.417 e. The molecule has 0 amide bonds. The van der Waals surface area contributed by atoms with E-state index in [4.69, 9.17) is 0 Å². The van der Waals surface area contributed by atoms with Gasteiger partial charge in [0.1, 0.15) is 4.47 Å². The predicted molar refractivity (Wildman–Crippen MR) is 48.6 cm³/mol. The van der Waals surface area contributed by atoms with Crippen molar-refractivity contribution < 1.29 is 26.9 Å². The fraction of sp³-hybridized carbons (Fsp3) is 0.286. The summed E-state index contributed by atoms with van der Waals surface area (Å²) in [6, 6.07) is 0.0712. The average molecular weight is 321 g/mol. The Morgan fingerprint density at radius 2 is 1.94 bits per heavy atom. The smallest absolute Gasteiger partial charge is 0.358 e. The van der Waals surface area contributed by atoms with E-state index in [1.54, 1.807) is 0 Å². The van der Waals surface area contributed by atoms with Crippen LogP contribution in [0.15, 0.2) is 10.5 Å². The zero-order chi connectivity index (χ0) is 13.4. The highest BCUT2D eigenvalue weighted by Gasteiger charge is 2.39. The number of halogens is 6. The molecule has 0 radical (unpaired) electrons. The summed E-state index contributed by atoms with van der Waals surface area (Å²) in [5.41, 5.74) is -2.86. The Morgan fingerprint density at radius 3 is 2.29 bits per heavy atom. The highest BCUT2D eigenvalue weighted by Crippen LogP contribution is 2.40. The standard InChI is InChI=1S/C7H2BrF5N2O2/c8-4-2(7(11,12)13)1-3(5(9)10)14-6(4)15(16)17/h1,5H. The maximum Gasteiger partial charge on any atom is 0.417 e. The minimum absolute atomic E-state index is 0.0712.